The number of anilines is 2. The number of rotatable bonds is 9. The molecule has 0 aliphatic carbocycles. The van der Waals surface area contributed by atoms with Crippen LogP contribution in [0.5, 0.6) is 0 Å². The fraction of sp³-hybridized carbons (Fsp3) is 0.464. The molecular formula is C28H37Cl2N5O. The first-order valence-corrected chi connectivity index (χ1v) is 13.7. The van der Waals surface area contributed by atoms with E-state index >= 15 is 0 Å². The molecule has 0 spiro atoms. The lowest BCUT2D eigenvalue weighted by molar-refractivity contribution is -0.107. The summed E-state index contributed by atoms with van der Waals surface area (Å²) in [6, 6.07) is 14.0. The summed E-state index contributed by atoms with van der Waals surface area (Å²) in [5.41, 5.74) is 2.84. The van der Waals surface area contributed by atoms with E-state index in [4.69, 9.17) is 23.2 Å². The maximum atomic E-state index is 11.8. The van der Waals surface area contributed by atoms with Crippen LogP contribution in [0.4, 0.5) is 11.4 Å². The highest BCUT2D eigenvalue weighted by Crippen LogP contribution is 2.24. The van der Waals surface area contributed by atoms with Gasteiger partial charge in [0.15, 0.2) is 0 Å². The van der Waals surface area contributed by atoms with Gasteiger partial charge in [0.25, 0.3) is 0 Å². The molecule has 2 aromatic carbocycles. The van der Waals surface area contributed by atoms with Gasteiger partial charge in [-0.2, -0.15) is 0 Å². The van der Waals surface area contributed by atoms with Gasteiger partial charge >= 0.3 is 0 Å². The van der Waals surface area contributed by atoms with Crippen LogP contribution in [0.3, 0.4) is 0 Å². The predicted octanol–water partition coefficient (Wildman–Crippen LogP) is 5.58. The Morgan fingerprint density at radius 3 is 2.50 bits per heavy atom. The van der Waals surface area contributed by atoms with Gasteiger partial charge in [-0.25, -0.2) is 0 Å². The van der Waals surface area contributed by atoms with Crippen molar-refractivity contribution in [1.29, 1.82) is 0 Å². The molecule has 2 N–H and O–H groups in total. The molecule has 0 bridgehead atoms. The minimum absolute atomic E-state index is 0.450. The lowest BCUT2D eigenvalue weighted by Crippen LogP contribution is -2.49. The largest absolute Gasteiger partial charge is 0.374 e. The Bertz CT molecular complexity index is 1020. The van der Waals surface area contributed by atoms with E-state index in [-0.39, 0.29) is 0 Å². The van der Waals surface area contributed by atoms with Crippen molar-refractivity contribution >= 4 is 41.0 Å². The lowest BCUT2D eigenvalue weighted by atomic mass is 10.1. The molecule has 0 unspecified atom stereocenters. The van der Waals surface area contributed by atoms with Crippen molar-refractivity contribution in [3.05, 3.63) is 70.1 Å². The van der Waals surface area contributed by atoms with Crippen molar-refractivity contribution in [2.45, 2.75) is 45.1 Å². The number of benzene rings is 2. The number of nitrogens with zero attached hydrogens (tertiary/aromatic N) is 3. The monoisotopic (exact) mass is 529 g/mol. The van der Waals surface area contributed by atoms with E-state index in [0.29, 0.717) is 29.1 Å². The summed E-state index contributed by atoms with van der Waals surface area (Å²) in [4.78, 5) is 18.5. The molecule has 194 valence electrons. The minimum Gasteiger partial charge on any atom is -0.374 e. The van der Waals surface area contributed by atoms with E-state index in [1.54, 1.807) is 11.0 Å². The molecule has 0 saturated carbocycles. The van der Waals surface area contributed by atoms with Gasteiger partial charge in [-0.05, 0) is 68.1 Å². The summed E-state index contributed by atoms with van der Waals surface area (Å²) in [6.45, 7) is 7.91. The number of nitrogens with one attached hydrogen (secondary N) is 2. The number of carbonyl (C=O) groups is 1. The van der Waals surface area contributed by atoms with E-state index in [1.165, 1.54) is 25.7 Å². The first kappa shape index (κ1) is 26.6. The van der Waals surface area contributed by atoms with Crippen molar-refractivity contribution in [2.24, 2.45) is 0 Å². The van der Waals surface area contributed by atoms with E-state index in [1.807, 2.05) is 36.4 Å². The van der Waals surface area contributed by atoms with Crippen molar-refractivity contribution in [3.8, 4) is 0 Å². The Labute approximate surface area is 225 Å². The molecule has 4 rings (SSSR count). The van der Waals surface area contributed by atoms with Crippen molar-refractivity contribution < 1.29 is 4.79 Å². The fourth-order valence-corrected chi connectivity index (χ4v) is 5.34. The SMILES string of the molecule is C[C@H]1CN(/C(=C\N2CCCCCC2)Nc2ccc(N(C=O)CCc3ccc(Cl)cc3Cl)cc2)CCN1. The number of halogens is 2. The Morgan fingerprint density at radius 1 is 1.08 bits per heavy atom. The Morgan fingerprint density at radius 2 is 1.83 bits per heavy atom. The van der Waals surface area contributed by atoms with Gasteiger partial charge in [-0.1, -0.05) is 42.1 Å². The third-order valence-electron chi connectivity index (χ3n) is 6.89. The molecule has 2 aliphatic rings. The second-order valence-corrected chi connectivity index (χ2v) is 10.6. The number of amides is 1. The van der Waals surface area contributed by atoms with Gasteiger partial charge in [-0.3, -0.25) is 4.79 Å². The molecule has 2 aromatic rings. The maximum absolute atomic E-state index is 11.8. The van der Waals surface area contributed by atoms with E-state index in [9.17, 15) is 4.79 Å². The summed E-state index contributed by atoms with van der Waals surface area (Å²) >= 11 is 12.3. The van der Waals surface area contributed by atoms with Crippen LogP contribution in [0.1, 0.15) is 38.2 Å². The van der Waals surface area contributed by atoms with Crippen LogP contribution in [0.2, 0.25) is 10.0 Å². The summed E-state index contributed by atoms with van der Waals surface area (Å²) < 4.78 is 0. The van der Waals surface area contributed by atoms with Crippen LogP contribution in [-0.4, -0.2) is 61.5 Å². The third-order valence-corrected chi connectivity index (χ3v) is 7.48. The maximum Gasteiger partial charge on any atom is 0.214 e. The van der Waals surface area contributed by atoms with Crippen LogP contribution in [0.15, 0.2) is 54.5 Å². The molecule has 1 atom stereocenters. The zero-order chi connectivity index (χ0) is 25.3. The van der Waals surface area contributed by atoms with E-state index in [0.717, 1.165) is 61.9 Å². The van der Waals surface area contributed by atoms with E-state index < -0.39 is 0 Å². The molecule has 36 heavy (non-hydrogen) atoms. The Hall–Kier alpha value is -2.41. The summed E-state index contributed by atoms with van der Waals surface area (Å²) in [5, 5.41) is 8.44. The zero-order valence-electron chi connectivity index (χ0n) is 21.1. The van der Waals surface area contributed by atoms with Crippen LogP contribution in [-0.2, 0) is 11.2 Å². The lowest BCUT2D eigenvalue weighted by Gasteiger charge is -2.36. The van der Waals surface area contributed by atoms with Crippen molar-refractivity contribution in [2.75, 3.05) is 49.5 Å². The zero-order valence-corrected chi connectivity index (χ0v) is 22.6. The summed E-state index contributed by atoms with van der Waals surface area (Å²) in [7, 11) is 0. The molecular weight excluding hydrogens is 493 g/mol. The highest BCUT2D eigenvalue weighted by molar-refractivity contribution is 6.35. The normalized spacial score (nSPS) is 19.1. The van der Waals surface area contributed by atoms with Crippen molar-refractivity contribution in [1.82, 2.24) is 15.1 Å². The summed E-state index contributed by atoms with van der Waals surface area (Å²) in [6.07, 6.45) is 8.97. The average molecular weight is 531 g/mol. The number of likely N-dealkylation sites (tertiary alicyclic amines) is 1. The van der Waals surface area contributed by atoms with Crippen LogP contribution in [0, 0.1) is 0 Å². The van der Waals surface area contributed by atoms with Gasteiger partial charge in [0.05, 0.1) is 0 Å². The number of hydrogen-bond donors (Lipinski definition) is 2. The first-order valence-electron chi connectivity index (χ1n) is 13.0. The second-order valence-electron chi connectivity index (χ2n) is 9.72. The molecule has 2 aliphatic heterocycles. The third kappa shape index (κ3) is 7.55. The van der Waals surface area contributed by atoms with Crippen LogP contribution in [0.25, 0.3) is 0 Å². The first-order chi connectivity index (χ1) is 17.5. The Kier molecular flexibility index (Phi) is 9.79. The van der Waals surface area contributed by atoms with Gasteiger partial charge in [0.1, 0.15) is 5.82 Å². The molecule has 2 saturated heterocycles. The van der Waals surface area contributed by atoms with Crippen molar-refractivity contribution in [3.63, 3.8) is 0 Å². The Balaban J connectivity index is 1.44. The predicted molar refractivity (Wildman–Crippen MR) is 151 cm³/mol. The standard InChI is InChI=1S/C28H37Cl2N5O/c1-22-19-34(17-13-31-22)28(20-33-14-4-2-3-5-15-33)32-25-8-10-26(11-9-25)35(21-36)16-12-23-6-7-24(29)18-27(23)30/h6-11,18,20-22,31-32H,2-5,12-17,19H2,1H3/b28-20-/t22-/m0/s1. The van der Waals surface area contributed by atoms with Gasteiger partial charge in [0, 0.05) is 72.9 Å². The second kappa shape index (κ2) is 13.2. The highest BCUT2D eigenvalue weighted by atomic mass is 35.5. The summed E-state index contributed by atoms with van der Waals surface area (Å²) in [5.74, 6) is 1.14. The quantitative estimate of drug-likeness (QED) is 0.415. The number of piperazine rings is 1. The molecule has 2 fully saturated rings. The molecule has 1 amide bonds. The molecule has 6 nitrogen and oxygen atoms in total. The average Bonchev–Trinajstić information content (AvgIpc) is 3.15. The smallest absolute Gasteiger partial charge is 0.214 e. The molecule has 2 heterocycles. The fourth-order valence-electron chi connectivity index (χ4n) is 4.83. The van der Waals surface area contributed by atoms with Gasteiger partial charge in [0.2, 0.25) is 6.41 Å². The van der Waals surface area contributed by atoms with Gasteiger partial charge < -0.3 is 25.3 Å². The molecule has 0 aromatic heterocycles. The number of carbonyl (C=O) groups excluding carboxylic acids is 1. The minimum atomic E-state index is 0.450. The van der Waals surface area contributed by atoms with Crippen LogP contribution < -0.4 is 15.5 Å². The van der Waals surface area contributed by atoms with Crippen LogP contribution >= 0.6 is 23.2 Å². The van der Waals surface area contributed by atoms with Gasteiger partial charge in [-0.15, -0.1) is 0 Å². The van der Waals surface area contributed by atoms with E-state index in [2.05, 4.69) is 33.6 Å². The number of hydrogen-bond acceptors (Lipinski definition) is 5. The molecule has 8 heteroatoms. The highest BCUT2D eigenvalue weighted by Gasteiger charge is 2.19. The molecule has 0 radical (unpaired) electrons. The topological polar surface area (TPSA) is 50.9 Å².